The van der Waals surface area contributed by atoms with Gasteiger partial charge in [-0.05, 0) is 47.9 Å². The molecular formula is C23H23ClFN3O3. The summed E-state index contributed by atoms with van der Waals surface area (Å²) in [6.07, 6.45) is 1.88. The van der Waals surface area contributed by atoms with Crippen molar-refractivity contribution in [2.45, 2.75) is 26.9 Å². The van der Waals surface area contributed by atoms with E-state index in [2.05, 4.69) is 0 Å². The molecule has 0 saturated heterocycles. The van der Waals surface area contributed by atoms with Crippen molar-refractivity contribution in [3.8, 4) is 0 Å². The van der Waals surface area contributed by atoms with Crippen molar-refractivity contribution >= 4 is 23.2 Å². The number of hydrogen-bond donors (Lipinski definition) is 0. The summed E-state index contributed by atoms with van der Waals surface area (Å²) in [7, 11) is 0. The maximum absolute atomic E-state index is 13.5. The third-order valence-electron chi connectivity index (χ3n) is 4.78. The molecule has 1 aromatic heterocycles. The number of nitro groups is 1. The molecule has 2 aromatic carbocycles. The van der Waals surface area contributed by atoms with E-state index in [-0.39, 0.29) is 33.9 Å². The van der Waals surface area contributed by atoms with Gasteiger partial charge in [0.25, 0.3) is 11.6 Å². The molecule has 1 amide bonds. The minimum absolute atomic E-state index is 0.0130. The molecule has 0 aliphatic carbocycles. The van der Waals surface area contributed by atoms with Crippen LogP contribution in [0.25, 0.3) is 0 Å². The van der Waals surface area contributed by atoms with E-state index in [0.717, 1.165) is 11.3 Å². The van der Waals surface area contributed by atoms with Crippen LogP contribution in [0.1, 0.15) is 35.5 Å². The van der Waals surface area contributed by atoms with E-state index in [4.69, 9.17) is 11.6 Å². The number of rotatable bonds is 8. The van der Waals surface area contributed by atoms with E-state index in [0.29, 0.717) is 19.6 Å². The number of carbonyl (C=O) groups is 1. The molecule has 6 nitrogen and oxygen atoms in total. The summed E-state index contributed by atoms with van der Waals surface area (Å²) in [6.45, 7) is 5.25. The molecule has 0 unspecified atom stereocenters. The number of benzene rings is 2. The van der Waals surface area contributed by atoms with Crippen molar-refractivity contribution in [2.75, 3.05) is 6.54 Å². The first-order valence-corrected chi connectivity index (χ1v) is 10.2. The number of nitrogens with zero attached hydrogens (tertiary/aromatic N) is 3. The Labute approximate surface area is 185 Å². The number of nitro benzene ring substituents is 1. The number of halogens is 2. The van der Waals surface area contributed by atoms with Crippen molar-refractivity contribution in [1.82, 2.24) is 9.47 Å². The largest absolute Gasteiger partial charge is 0.345 e. The van der Waals surface area contributed by atoms with Gasteiger partial charge in [-0.3, -0.25) is 14.9 Å². The summed E-state index contributed by atoms with van der Waals surface area (Å²) in [5.74, 6) is -0.419. The van der Waals surface area contributed by atoms with Crippen molar-refractivity contribution in [1.29, 1.82) is 0 Å². The molecule has 0 bridgehead atoms. The van der Waals surface area contributed by atoms with Gasteiger partial charge in [-0.1, -0.05) is 37.6 Å². The zero-order chi connectivity index (χ0) is 22.5. The van der Waals surface area contributed by atoms with E-state index in [1.807, 2.05) is 42.8 Å². The van der Waals surface area contributed by atoms with Crippen LogP contribution in [0.3, 0.4) is 0 Å². The topological polar surface area (TPSA) is 68.4 Å². The summed E-state index contributed by atoms with van der Waals surface area (Å²) in [5.41, 5.74) is 1.60. The molecule has 0 aliphatic heterocycles. The standard InChI is InChI=1S/C23H23ClFN3O3/c1-16(2)13-27(23(29)18-8-9-21(24)22(12-18)28(30)31)15-20-7-4-10-26(20)14-17-5-3-6-19(25)11-17/h3-12,16H,13-15H2,1-2H3. The van der Waals surface area contributed by atoms with Crippen molar-refractivity contribution in [2.24, 2.45) is 5.92 Å². The molecule has 0 atom stereocenters. The fourth-order valence-corrected chi connectivity index (χ4v) is 3.59. The van der Waals surface area contributed by atoms with Crippen LogP contribution in [0, 0.1) is 21.8 Å². The van der Waals surface area contributed by atoms with Gasteiger partial charge in [0.05, 0.1) is 11.5 Å². The highest BCUT2D eigenvalue weighted by Gasteiger charge is 2.22. The molecule has 1 heterocycles. The van der Waals surface area contributed by atoms with Gasteiger partial charge in [-0.25, -0.2) is 4.39 Å². The molecule has 162 valence electrons. The van der Waals surface area contributed by atoms with Gasteiger partial charge in [0, 0.05) is 36.6 Å². The van der Waals surface area contributed by atoms with E-state index in [1.54, 1.807) is 11.0 Å². The summed E-state index contributed by atoms with van der Waals surface area (Å²) >= 11 is 5.89. The molecule has 31 heavy (non-hydrogen) atoms. The first-order chi connectivity index (χ1) is 14.7. The Hall–Kier alpha value is -3.19. The lowest BCUT2D eigenvalue weighted by Crippen LogP contribution is -2.34. The van der Waals surface area contributed by atoms with Crippen molar-refractivity contribution in [3.05, 3.63) is 98.6 Å². The first kappa shape index (κ1) is 22.5. The van der Waals surface area contributed by atoms with Crippen molar-refractivity contribution < 1.29 is 14.1 Å². The molecule has 0 fully saturated rings. The highest BCUT2D eigenvalue weighted by atomic mass is 35.5. The van der Waals surface area contributed by atoms with Gasteiger partial charge in [0.15, 0.2) is 0 Å². The number of carbonyl (C=O) groups excluding carboxylic acids is 1. The zero-order valence-corrected chi connectivity index (χ0v) is 18.1. The van der Waals surface area contributed by atoms with E-state index < -0.39 is 4.92 Å². The second kappa shape index (κ2) is 9.75. The monoisotopic (exact) mass is 443 g/mol. The molecule has 0 N–H and O–H groups in total. The zero-order valence-electron chi connectivity index (χ0n) is 17.3. The van der Waals surface area contributed by atoms with E-state index in [1.165, 1.54) is 30.3 Å². The Morgan fingerprint density at radius 1 is 1.19 bits per heavy atom. The van der Waals surface area contributed by atoms with Gasteiger partial charge >= 0.3 is 0 Å². The molecule has 0 spiro atoms. The summed E-state index contributed by atoms with van der Waals surface area (Å²) in [4.78, 5) is 25.5. The summed E-state index contributed by atoms with van der Waals surface area (Å²) in [5, 5.41) is 11.2. The number of aromatic nitrogens is 1. The minimum Gasteiger partial charge on any atom is -0.345 e. The Balaban J connectivity index is 1.86. The van der Waals surface area contributed by atoms with Gasteiger partial charge in [-0.15, -0.1) is 0 Å². The van der Waals surface area contributed by atoms with Crippen LogP contribution in [-0.4, -0.2) is 26.8 Å². The highest BCUT2D eigenvalue weighted by molar-refractivity contribution is 6.32. The molecule has 0 radical (unpaired) electrons. The van der Waals surface area contributed by atoms with Crippen LogP contribution in [0.15, 0.2) is 60.8 Å². The second-order valence-corrected chi connectivity index (χ2v) is 8.17. The SMILES string of the molecule is CC(C)CN(Cc1cccn1Cc1cccc(F)c1)C(=O)c1ccc(Cl)c([N+](=O)[O-])c1. The lowest BCUT2D eigenvalue weighted by Gasteiger charge is -2.25. The summed E-state index contributed by atoms with van der Waals surface area (Å²) < 4.78 is 15.5. The van der Waals surface area contributed by atoms with Gasteiger partial charge in [0.2, 0.25) is 0 Å². The highest BCUT2D eigenvalue weighted by Crippen LogP contribution is 2.26. The maximum atomic E-state index is 13.5. The van der Waals surface area contributed by atoms with Crippen LogP contribution >= 0.6 is 11.6 Å². The number of amides is 1. The molecule has 0 saturated carbocycles. The molecule has 3 rings (SSSR count). The van der Waals surface area contributed by atoms with E-state index >= 15 is 0 Å². The predicted molar refractivity (Wildman–Crippen MR) is 118 cm³/mol. The van der Waals surface area contributed by atoms with Crippen LogP contribution in [0.4, 0.5) is 10.1 Å². The average molecular weight is 444 g/mol. The Bertz CT molecular complexity index is 1100. The van der Waals surface area contributed by atoms with Crippen LogP contribution in [0.5, 0.6) is 0 Å². The minimum atomic E-state index is -0.601. The second-order valence-electron chi connectivity index (χ2n) is 7.76. The quantitative estimate of drug-likeness (QED) is 0.339. The lowest BCUT2D eigenvalue weighted by atomic mass is 10.1. The average Bonchev–Trinajstić information content (AvgIpc) is 3.13. The molecule has 3 aromatic rings. The van der Waals surface area contributed by atoms with Gasteiger partial charge < -0.3 is 9.47 Å². The van der Waals surface area contributed by atoms with Gasteiger partial charge in [0.1, 0.15) is 10.8 Å². The third-order valence-corrected chi connectivity index (χ3v) is 5.10. The van der Waals surface area contributed by atoms with Crippen molar-refractivity contribution in [3.63, 3.8) is 0 Å². The molecular weight excluding hydrogens is 421 g/mol. The van der Waals surface area contributed by atoms with Crippen LogP contribution in [-0.2, 0) is 13.1 Å². The first-order valence-electron chi connectivity index (χ1n) is 9.86. The fourth-order valence-electron chi connectivity index (χ4n) is 3.40. The Morgan fingerprint density at radius 3 is 2.65 bits per heavy atom. The smallest absolute Gasteiger partial charge is 0.288 e. The number of hydrogen-bond acceptors (Lipinski definition) is 3. The molecule has 8 heteroatoms. The Morgan fingerprint density at radius 2 is 1.97 bits per heavy atom. The summed E-state index contributed by atoms with van der Waals surface area (Å²) in [6, 6.07) is 14.2. The van der Waals surface area contributed by atoms with Crippen LogP contribution < -0.4 is 0 Å². The fraction of sp³-hybridized carbons (Fsp3) is 0.261. The van der Waals surface area contributed by atoms with Gasteiger partial charge in [-0.2, -0.15) is 0 Å². The molecule has 0 aliphatic rings. The lowest BCUT2D eigenvalue weighted by molar-refractivity contribution is -0.384. The van der Waals surface area contributed by atoms with Crippen LogP contribution in [0.2, 0.25) is 5.02 Å². The third kappa shape index (κ3) is 5.70. The maximum Gasteiger partial charge on any atom is 0.288 e. The van der Waals surface area contributed by atoms with E-state index in [9.17, 15) is 19.3 Å². The Kier molecular flexibility index (Phi) is 7.07. The predicted octanol–water partition coefficient (Wildman–Crippen LogP) is 5.54. The normalized spacial score (nSPS) is 11.0.